The van der Waals surface area contributed by atoms with Gasteiger partial charge in [-0.2, -0.15) is 0 Å². The van der Waals surface area contributed by atoms with Crippen LogP contribution in [0.2, 0.25) is 0 Å². The van der Waals surface area contributed by atoms with E-state index in [4.69, 9.17) is 0 Å². The van der Waals surface area contributed by atoms with Crippen molar-refractivity contribution in [3.63, 3.8) is 0 Å². The number of nitrogens with one attached hydrogen (secondary N) is 1. The zero-order chi connectivity index (χ0) is 14.7. The third-order valence-corrected chi connectivity index (χ3v) is 6.87. The Morgan fingerprint density at radius 3 is 2.33 bits per heavy atom. The van der Waals surface area contributed by atoms with Crippen LogP contribution in [0.15, 0.2) is 29.2 Å². The molecule has 3 atom stereocenters. The summed E-state index contributed by atoms with van der Waals surface area (Å²) in [7, 11) is 0. The maximum atomic E-state index is 3.77. The average molecular weight is 304 g/mol. The molecule has 1 N–H and O–H groups in total. The highest BCUT2D eigenvalue weighted by atomic mass is 32.2. The quantitative estimate of drug-likeness (QED) is 0.736. The van der Waals surface area contributed by atoms with E-state index in [1.807, 2.05) is 0 Å². The Hall–Kier alpha value is -0.630. The molecule has 21 heavy (non-hydrogen) atoms. The van der Waals surface area contributed by atoms with Crippen molar-refractivity contribution in [3.8, 4) is 0 Å². The molecule has 1 aromatic carbocycles. The number of rotatable bonds is 4. The molecule has 2 heteroatoms. The van der Waals surface area contributed by atoms with Gasteiger partial charge in [0, 0.05) is 21.9 Å². The summed E-state index contributed by atoms with van der Waals surface area (Å²) in [6, 6.07) is 9.83. The summed E-state index contributed by atoms with van der Waals surface area (Å²) in [4.78, 5) is 1.44. The molecule has 3 rings (SSSR count). The van der Waals surface area contributed by atoms with Crippen molar-refractivity contribution in [2.45, 2.75) is 75.0 Å². The van der Waals surface area contributed by atoms with E-state index in [0.717, 1.165) is 17.1 Å². The van der Waals surface area contributed by atoms with Crippen LogP contribution in [0.25, 0.3) is 0 Å². The van der Waals surface area contributed by atoms with Gasteiger partial charge in [-0.15, -0.1) is 11.8 Å². The number of thioether (sulfide) groups is 1. The third-order valence-electron chi connectivity index (χ3n) is 5.52. The van der Waals surface area contributed by atoms with Crippen LogP contribution in [-0.2, 0) is 0 Å². The predicted molar refractivity (Wildman–Crippen MR) is 94.1 cm³/mol. The van der Waals surface area contributed by atoms with Crippen molar-refractivity contribution >= 4 is 17.4 Å². The Balaban J connectivity index is 1.56. The van der Waals surface area contributed by atoms with Crippen LogP contribution in [0, 0.1) is 11.8 Å². The molecule has 0 aromatic heterocycles. The molecule has 2 aliphatic rings. The number of hydrogen-bond acceptors (Lipinski definition) is 2. The third kappa shape index (κ3) is 3.97. The van der Waals surface area contributed by atoms with E-state index in [1.54, 1.807) is 0 Å². The molecule has 0 saturated heterocycles. The molecule has 2 fully saturated rings. The fourth-order valence-electron chi connectivity index (χ4n) is 3.83. The first kappa shape index (κ1) is 15.3. The summed E-state index contributed by atoms with van der Waals surface area (Å²) >= 11 is 2.08. The van der Waals surface area contributed by atoms with E-state index in [9.17, 15) is 0 Å². The first-order valence-electron chi connectivity index (χ1n) is 8.75. The Kier molecular flexibility index (Phi) is 5.15. The molecule has 0 heterocycles. The van der Waals surface area contributed by atoms with E-state index in [2.05, 4.69) is 55.2 Å². The SMILES string of the molecule is CC1CCCC(Nc2ccc(SC3CCCC3)cc2)C1C. The van der Waals surface area contributed by atoms with Gasteiger partial charge in [-0.25, -0.2) is 0 Å². The Labute approximate surface area is 134 Å². The topological polar surface area (TPSA) is 12.0 Å². The van der Waals surface area contributed by atoms with Crippen LogP contribution in [0.1, 0.15) is 58.8 Å². The van der Waals surface area contributed by atoms with Gasteiger partial charge >= 0.3 is 0 Å². The molecule has 3 unspecified atom stereocenters. The molecule has 1 aromatic rings. The van der Waals surface area contributed by atoms with Crippen LogP contribution in [0.3, 0.4) is 0 Å². The number of benzene rings is 1. The molecule has 0 bridgehead atoms. The zero-order valence-electron chi connectivity index (χ0n) is 13.5. The van der Waals surface area contributed by atoms with E-state index < -0.39 is 0 Å². The van der Waals surface area contributed by atoms with Gasteiger partial charge in [0.1, 0.15) is 0 Å². The Morgan fingerprint density at radius 1 is 0.905 bits per heavy atom. The number of hydrogen-bond donors (Lipinski definition) is 1. The largest absolute Gasteiger partial charge is 0.382 e. The molecule has 0 aliphatic heterocycles. The number of anilines is 1. The van der Waals surface area contributed by atoms with Crippen LogP contribution >= 0.6 is 11.8 Å². The summed E-state index contributed by atoms with van der Waals surface area (Å²) in [5.41, 5.74) is 1.30. The van der Waals surface area contributed by atoms with Gasteiger partial charge in [0.2, 0.25) is 0 Å². The molecular weight excluding hydrogens is 274 g/mol. The van der Waals surface area contributed by atoms with Crippen molar-refractivity contribution in [1.29, 1.82) is 0 Å². The monoisotopic (exact) mass is 303 g/mol. The van der Waals surface area contributed by atoms with Gasteiger partial charge < -0.3 is 5.32 Å². The molecule has 0 spiro atoms. The van der Waals surface area contributed by atoms with Crippen molar-refractivity contribution in [3.05, 3.63) is 24.3 Å². The lowest BCUT2D eigenvalue weighted by Gasteiger charge is -2.35. The fourth-order valence-corrected chi connectivity index (χ4v) is 5.08. The lowest BCUT2D eigenvalue weighted by Crippen LogP contribution is -2.34. The smallest absolute Gasteiger partial charge is 0.0343 e. The van der Waals surface area contributed by atoms with E-state index in [0.29, 0.717) is 6.04 Å². The van der Waals surface area contributed by atoms with Gasteiger partial charge in [-0.1, -0.05) is 39.5 Å². The first-order valence-corrected chi connectivity index (χ1v) is 9.63. The molecule has 0 radical (unpaired) electrons. The maximum absolute atomic E-state index is 3.77. The van der Waals surface area contributed by atoms with Crippen molar-refractivity contribution in [1.82, 2.24) is 0 Å². The van der Waals surface area contributed by atoms with Gasteiger partial charge in [-0.3, -0.25) is 0 Å². The summed E-state index contributed by atoms with van der Waals surface area (Å²) in [5, 5.41) is 4.64. The first-order chi connectivity index (χ1) is 10.2. The second-order valence-electron chi connectivity index (χ2n) is 7.07. The van der Waals surface area contributed by atoms with Gasteiger partial charge in [-0.05, 0) is 55.4 Å². The van der Waals surface area contributed by atoms with Gasteiger partial charge in [0.15, 0.2) is 0 Å². The normalized spacial score (nSPS) is 30.5. The predicted octanol–water partition coefficient (Wildman–Crippen LogP) is 5.96. The maximum Gasteiger partial charge on any atom is 0.0343 e. The molecular formula is C19H29NS. The lowest BCUT2D eigenvalue weighted by atomic mass is 9.78. The minimum atomic E-state index is 0.655. The summed E-state index contributed by atoms with van der Waals surface area (Å²) in [5.74, 6) is 1.64. The van der Waals surface area contributed by atoms with Crippen molar-refractivity contribution in [2.24, 2.45) is 11.8 Å². The Bertz CT molecular complexity index is 435. The standard InChI is InChI=1S/C19H29NS/c1-14-6-5-9-19(15(14)2)20-16-10-12-18(13-11-16)21-17-7-3-4-8-17/h10-15,17,19-20H,3-9H2,1-2H3. The van der Waals surface area contributed by atoms with Crippen molar-refractivity contribution < 1.29 is 0 Å². The Morgan fingerprint density at radius 2 is 1.62 bits per heavy atom. The van der Waals surface area contributed by atoms with E-state index in [-0.39, 0.29) is 0 Å². The van der Waals surface area contributed by atoms with Crippen molar-refractivity contribution in [2.75, 3.05) is 5.32 Å². The summed E-state index contributed by atoms with van der Waals surface area (Å²) in [6.45, 7) is 4.81. The second-order valence-corrected chi connectivity index (χ2v) is 8.44. The highest BCUT2D eigenvalue weighted by Gasteiger charge is 2.26. The second kappa shape index (κ2) is 7.09. The fraction of sp³-hybridized carbons (Fsp3) is 0.684. The molecule has 1 nitrogen and oxygen atoms in total. The minimum absolute atomic E-state index is 0.655. The zero-order valence-corrected chi connectivity index (χ0v) is 14.3. The summed E-state index contributed by atoms with van der Waals surface area (Å²) < 4.78 is 0. The highest BCUT2D eigenvalue weighted by molar-refractivity contribution is 8.00. The molecule has 2 aliphatic carbocycles. The van der Waals surface area contributed by atoms with Gasteiger partial charge in [0.05, 0.1) is 0 Å². The average Bonchev–Trinajstić information content (AvgIpc) is 2.99. The highest BCUT2D eigenvalue weighted by Crippen LogP contribution is 2.36. The molecule has 2 saturated carbocycles. The van der Waals surface area contributed by atoms with Crippen LogP contribution in [0.4, 0.5) is 5.69 Å². The van der Waals surface area contributed by atoms with Gasteiger partial charge in [0.25, 0.3) is 0 Å². The van der Waals surface area contributed by atoms with Crippen LogP contribution in [-0.4, -0.2) is 11.3 Å². The van der Waals surface area contributed by atoms with E-state index >= 15 is 0 Å². The lowest BCUT2D eigenvalue weighted by molar-refractivity contribution is 0.253. The molecule has 116 valence electrons. The summed E-state index contributed by atoms with van der Waals surface area (Å²) in [6.07, 6.45) is 9.76. The van der Waals surface area contributed by atoms with Crippen LogP contribution < -0.4 is 5.32 Å². The van der Waals surface area contributed by atoms with Crippen LogP contribution in [0.5, 0.6) is 0 Å². The van der Waals surface area contributed by atoms with E-state index in [1.165, 1.54) is 55.5 Å². The minimum Gasteiger partial charge on any atom is -0.382 e. The molecule has 0 amide bonds.